The molecule has 1 fully saturated rings. The SMILES string of the molecule is CC/C=C\C/C=C\C/C=C\C/C=C\CCCCCCCCCCC(=O)OC(COCCCCCCCCCC/C=C\C/C=C\C/C=C\CC)COC1OC(CO)C(O)C(O)C1O. The van der Waals surface area contributed by atoms with Gasteiger partial charge in [-0.15, -0.1) is 0 Å². The molecule has 6 unspecified atom stereocenters. The van der Waals surface area contributed by atoms with E-state index in [-0.39, 0.29) is 19.2 Å². The monoisotopic (exact) mass is 871 g/mol. The van der Waals surface area contributed by atoms with Crippen molar-refractivity contribution in [2.75, 3.05) is 26.4 Å². The highest BCUT2D eigenvalue weighted by Gasteiger charge is 2.44. The first-order valence-corrected chi connectivity index (χ1v) is 24.7. The van der Waals surface area contributed by atoms with Gasteiger partial charge in [-0.1, -0.05) is 176 Å². The lowest BCUT2D eigenvalue weighted by atomic mass is 9.99. The Hall–Kier alpha value is -2.63. The third kappa shape index (κ3) is 33.9. The minimum atomic E-state index is -1.54. The van der Waals surface area contributed by atoms with Crippen LogP contribution in [0.25, 0.3) is 0 Å². The van der Waals surface area contributed by atoms with Gasteiger partial charge < -0.3 is 39.4 Å². The van der Waals surface area contributed by atoms with Crippen LogP contribution in [0.2, 0.25) is 0 Å². The Balaban J connectivity index is 2.24. The molecule has 0 aromatic heterocycles. The zero-order valence-corrected chi connectivity index (χ0v) is 39.1. The van der Waals surface area contributed by atoms with Crippen LogP contribution in [0.4, 0.5) is 0 Å². The molecule has 1 saturated heterocycles. The maximum absolute atomic E-state index is 12.8. The third-order valence-corrected chi connectivity index (χ3v) is 10.8. The lowest BCUT2D eigenvalue weighted by Gasteiger charge is -2.39. The van der Waals surface area contributed by atoms with Crippen molar-refractivity contribution in [3.05, 3.63) is 85.1 Å². The number of hydrogen-bond acceptors (Lipinski definition) is 9. The van der Waals surface area contributed by atoms with Crippen molar-refractivity contribution in [1.29, 1.82) is 0 Å². The number of carbonyl (C=O) groups is 1. The molecule has 4 N–H and O–H groups in total. The average Bonchev–Trinajstić information content (AvgIpc) is 3.27. The predicted octanol–water partition coefficient (Wildman–Crippen LogP) is 11.8. The van der Waals surface area contributed by atoms with Gasteiger partial charge in [0.2, 0.25) is 0 Å². The fourth-order valence-electron chi connectivity index (χ4n) is 7.03. The summed E-state index contributed by atoms with van der Waals surface area (Å²) >= 11 is 0. The van der Waals surface area contributed by atoms with E-state index in [1.165, 1.54) is 57.8 Å². The van der Waals surface area contributed by atoms with Gasteiger partial charge in [0, 0.05) is 13.0 Å². The van der Waals surface area contributed by atoms with E-state index >= 15 is 0 Å². The van der Waals surface area contributed by atoms with E-state index in [0.717, 1.165) is 103 Å². The number of rotatable bonds is 41. The molecule has 1 aliphatic rings. The van der Waals surface area contributed by atoms with E-state index < -0.39 is 43.4 Å². The van der Waals surface area contributed by atoms with Crippen LogP contribution in [0.3, 0.4) is 0 Å². The van der Waals surface area contributed by atoms with Gasteiger partial charge in [-0.05, 0) is 83.5 Å². The second-order valence-electron chi connectivity index (χ2n) is 16.5. The molecule has 1 aliphatic heterocycles. The Bertz CT molecular complexity index is 1220. The van der Waals surface area contributed by atoms with Gasteiger partial charge >= 0.3 is 5.97 Å². The first-order valence-electron chi connectivity index (χ1n) is 24.7. The highest BCUT2D eigenvalue weighted by molar-refractivity contribution is 5.69. The van der Waals surface area contributed by atoms with Crippen molar-refractivity contribution in [2.45, 2.75) is 218 Å². The summed E-state index contributed by atoms with van der Waals surface area (Å²) in [5, 5.41) is 40.2. The maximum Gasteiger partial charge on any atom is 0.306 e. The molecule has 1 rings (SSSR count). The quantitative estimate of drug-likeness (QED) is 0.0269. The fraction of sp³-hybridized carbons (Fsp3) is 0.717. The Labute approximate surface area is 378 Å². The number of aliphatic hydroxyl groups is 4. The number of ether oxygens (including phenoxy) is 4. The van der Waals surface area contributed by atoms with Crippen LogP contribution >= 0.6 is 0 Å². The van der Waals surface area contributed by atoms with E-state index in [1.807, 2.05) is 0 Å². The molecule has 356 valence electrons. The summed E-state index contributed by atoms with van der Waals surface area (Å²) in [6.45, 7) is 4.30. The lowest BCUT2D eigenvalue weighted by Crippen LogP contribution is -2.59. The number of unbranched alkanes of at least 4 members (excludes halogenated alkanes) is 16. The molecule has 0 aliphatic carbocycles. The number of aliphatic hydroxyl groups excluding tert-OH is 4. The summed E-state index contributed by atoms with van der Waals surface area (Å²) in [4.78, 5) is 12.8. The Kier molecular flexibility index (Phi) is 40.4. The largest absolute Gasteiger partial charge is 0.457 e. The van der Waals surface area contributed by atoms with E-state index in [2.05, 4.69) is 98.9 Å². The zero-order chi connectivity index (χ0) is 45.0. The van der Waals surface area contributed by atoms with E-state index in [0.29, 0.717) is 13.0 Å². The van der Waals surface area contributed by atoms with Crippen LogP contribution in [0, 0.1) is 0 Å². The Morgan fingerprint density at radius 1 is 0.516 bits per heavy atom. The molecule has 6 atom stereocenters. The van der Waals surface area contributed by atoms with Gasteiger partial charge in [-0.25, -0.2) is 0 Å². The fourth-order valence-corrected chi connectivity index (χ4v) is 7.03. The normalized spacial score (nSPS) is 20.5. The second-order valence-corrected chi connectivity index (χ2v) is 16.5. The lowest BCUT2D eigenvalue weighted by molar-refractivity contribution is -0.305. The van der Waals surface area contributed by atoms with Crippen LogP contribution in [0.1, 0.15) is 181 Å². The molecule has 9 nitrogen and oxygen atoms in total. The van der Waals surface area contributed by atoms with E-state index in [4.69, 9.17) is 18.9 Å². The Morgan fingerprint density at radius 2 is 0.935 bits per heavy atom. The first-order chi connectivity index (χ1) is 30.4. The minimum absolute atomic E-state index is 0.125. The molecule has 62 heavy (non-hydrogen) atoms. The first kappa shape index (κ1) is 57.4. The molecular formula is C53H90O9. The molecule has 0 aromatic carbocycles. The number of allylic oxidation sites excluding steroid dienone is 14. The maximum atomic E-state index is 12.8. The summed E-state index contributed by atoms with van der Waals surface area (Å²) in [7, 11) is 0. The van der Waals surface area contributed by atoms with Crippen LogP contribution in [-0.2, 0) is 23.7 Å². The van der Waals surface area contributed by atoms with Crippen LogP contribution in [-0.4, -0.2) is 89.6 Å². The smallest absolute Gasteiger partial charge is 0.306 e. The van der Waals surface area contributed by atoms with Gasteiger partial charge in [0.15, 0.2) is 6.29 Å². The second kappa shape index (κ2) is 43.6. The van der Waals surface area contributed by atoms with Gasteiger partial charge in [-0.3, -0.25) is 4.79 Å². The number of esters is 1. The molecule has 0 radical (unpaired) electrons. The summed E-state index contributed by atoms with van der Waals surface area (Å²) in [6.07, 6.45) is 51.8. The van der Waals surface area contributed by atoms with Gasteiger partial charge in [0.1, 0.15) is 30.5 Å². The Morgan fingerprint density at radius 3 is 1.40 bits per heavy atom. The molecule has 9 heteroatoms. The van der Waals surface area contributed by atoms with Gasteiger partial charge in [0.25, 0.3) is 0 Å². The summed E-state index contributed by atoms with van der Waals surface area (Å²) < 4.78 is 22.9. The van der Waals surface area contributed by atoms with Crippen LogP contribution < -0.4 is 0 Å². The topological polar surface area (TPSA) is 135 Å². The van der Waals surface area contributed by atoms with Crippen molar-refractivity contribution in [2.24, 2.45) is 0 Å². The summed E-state index contributed by atoms with van der Waals surface area (Å²) in [6, 6.07) is 0. The molecule has 0 saturated carbocycles. The van der Waals surface area contributed by atoms with E-state index in [9.17, 15) is 25.2 Å². The van der Waals surface area contributed by atoms with Crippen molar-refractivity contribution < 1.29 is 44.2 Å². The summed E-state index contributed by atoms with van der Waals surface area (Å²) in [5.74, 6) is -0.328. The highest BCUT2D eigenvalue weighted by atomic mass is 16.7. The molecular weight excluding hydrogens is 781 g/mol. The molecule has 0 aromatic rings. The zero-order valence-electron chi connectivity index (χ0n) is 39.1. The predicted molar refractivity (Wildman–Crippen MR) is 256 cm³/mol. The minimum Gasteiger partial charge on any atom is -0.457 e. The van der Waals surface area contributed by atoms with Crippen molar-refractivity contribution in [1.82, 2.24) is 0 Å². The molecule has 0 spiro atoms. The number of hydrogen-bond donors (Lipinski definition) is 4. The number of carbonyl (C=O) groups excluding carboxylic acids is 1. The van der Waals surface area contributed by atoms with Crippen LogP contribution in [0.15, 0.2) is 85.1 Å². The van der Waals surface area contributed by atoms with E-state index in [1.54, 1.807) is 0 Å². The van der Waals surface area contributed by atoms with Crippen molar-refractivity contribution in [3.63, 3.8) is 0 Å². The van der Waals surface area contributed by atoms with Crippen molar-refractivity contribution in [3.8, 4) is 0 Å². The standard InChI is InChI=1S/C53H90O9/c1-3-5-7-9-11-13-15-17-19-21-23-24-25-26-28-30-32-34-36-38-40-42-49(55)61-47(46-60-53-52(58)51(57)50(56)48(44-54)62-53)45-59-43-41-39-37-35-33-31-29-27-22-20-18-16-14-12-10-8-6-4-2/h5-8,11-14,17-20,23-24,47-48,50-54,56-58H,3-4,9-10,15-16,21-22,25-46H2,1-2H3/b7-5-,8-6-,13-11-,14-12-,19-17-,20-18-,24-23-. The highest BCUT2D eigenvalue weighted by Crippen LogP contribution is 2.22. The third-order valence-electron chi connectivity index (χ3n) is 10.8. The summed E-state index contributed by atoms with van der Waals surface area (Å²) in [5.41, 5.74) is 0. The van der Waals surface area contributed by atoms with Crippen LogP contribution in [0.5, 0.6) is 0 Å². The molecule has 0 amide bonds. The average molecular weight is 871 g/mol. The van der Waals surface area contributed by atoms with Crippen molar-refractivity contribution >= 4 is 5.97 Å². The van der Waals surface area contributed by atoms with Gasteiger partial charge in [-0.2, -0.15) is 0 Å². The molecule has 1 heterocycles. The van der Waals surface area contributed by atoms with Gasteiger partial charge in [0.05, 0.1) is 19.8 Å². The molecule has 0 bridgehead atoms.